The van der Waals surface area contributed by atoms with Gasteiger partial charge in [-0.05, 0) is 33.8 Å². The quantitative estimate of drug-likeness (QED) is 0.628. The minimum atomic E-state index is 0.103. The summed E-state index contributed by atoms with van der Waals surface area (Å²) in [6.07, 6.45) is 4.77. The highest BCUT2D eigenvalue weighted by atomic mass is 16.3. The van der Waals surface area contributed by atoms with E-state index in [1.807, 2.05) is 0 Å². The third-order valence-electron chi connectivity index (χ3n) is 2.30. The molecule has 0 aliphatic carbocycles. The zero-order valence-corrected chi connectivity index (χ0v) is 10.3. The topological polar surface area (TPSA) is 48.7 Å². The molecule has 1 N–H and O–H groups in total. The van der Waals surface area contributed by atoms with Gasteiger partial charge in [0.2, 0.25) is 0 Å². The Kier molecular flexibility index (Phi) is 4.28. The predicted molar refractivity (Wildman–Crippen MR) is 66.2 cm³/mol. The fourth-order valence-electron chi connectivity index (χ4n) is 1.48. The first kappa shape index (κ1) is 12.5. The van der Waals surface area contributed by atoms with Crippen LogP contribution in [0.3, 0.4) is 0 Å². The molecule has 88 valence electrons. The molecule has 0 bridgehead atoms. The van der Waals surface area contributed by atoms with Crippen LogP contribution in [0.4, 0.5) is 5.69 Å². The largest absolute Gasteiger partial charge is 0.504 e. The molecule has 0 saturated heterocycles. The third-order valence-corrected chi connectivity index (χ3v) is 2.30. The summed E-state index contributed by atoms with van der Waals surface area (Å²) in [5, 5.41) is 9.51. The number of aromatic nitrogens is 1. The summed E-state index contributed by atoms with van der Waals surface area (Å²) in [5.74, 6) is 0.103. The Morgan fingerprint density at radius 1 is 1.31 bits per heavy atom. The van der Waals surface area contributed by atoms with Gasteiger partial charge in [-0.1, -0.05) is 0 Å². The lowest BCUT2D eigenvalue weighted by Crippen LogP contribution is -2.35. The number of nitrogens with zero attached hydrogens (tertiary/aromatic N) is 3. The highest BCUT2D eigenvalue weighted by molar-refractivity contribution is 5.64. The summed E-state index contributed by atoms with van der Waals surface area (Å²) in [6, 6.07) is 2.45. The molecular formula is C12H19N3O. The van der Waals surface area contributed by atoms with Crippen molar-refractivity contribution in [1.29, 1.82) is 0 Å². The normalized spacial score (nSPS) is 11.6. The van der Waals surface area contributed by atoms with Gasteiger partial charge < -0.3 is 10.0 Å². The Balaban J connectivity index is 2.83. The van der Waals surface area contributed by atoms with E-state index in [0.29, 0.717) is 17.8 Å². The van der Waals surface area contributed by atoms with Crippen LogP contribution in [0.5, 0.6) is 5.75 Å². The van der Waals surface area contributed by atoms with Crippen LogP contribution in [0, 0.1) is 0 Å². The van der Waals surface area contributed by atoms with E-state index < -0.39 is 0 Å². The lowest BCUT2D eigenvalue weighted by Gasteiger charge is -2.28. The molecule has 0 aliphatic heterocycles. The summed E-state index contributed by atoms with van der Waals surface area (Å²) >= 11 is 0. The van der Waals surface area contributed by atoms with E-state index >= 15 is 0 Å². The van der Waals surface area contributed by atoms with Gasteiger partial charge in [0.15, 0.2) is 5.75 Å². The minimum Gasteiger partial charge on any atom is -0.504 e. The van der Waals surface area contributed by atoms with E-state index in [2.05, 4.69) is 42.6 Å². The molecule has 0 spiro atoms. The molecule has 4 nitrogen and oxygen atoms in total. The maximum atomic E-state index is 9.51. The molecular weight excluding hydrogens is 202 g/mol. The van der Waals surface area contributed by atoms with Crippen molar-refractivity contribution >= 4 is 12.0 Å². The van der Waals surface area contributed by atoms with Gasteiger partial charge in [-0.2, -0.15) is 0 Å². The van der Waals surface area contributed by atoms with Crippen LogP contribution in [-0.2, 0) is 0 Å². The second-order valence-electron chi connectivity index (χ2n) is 4.24. The number of hydrogen-bond donors (Lipinski definition) is 1. The molecule has 0 saturated carbocycles. The van der Waals surface area contributed by atoms with Gasteiger partial charge in [0.25, 0.3) is 0 Å². The van der Waals surface area contributed by atoms with Gasteiger partial charge in [0.05, 0.1) is 12.5 Å². The summed E-state index contributed by atoms with van der Waals surface area (Å²) in [6.45, 7) is 8.44. The molecule has 0 aliphatic rings. The van der Waals surface area contributed by atoms with E-state index in [1.165, 1.54) is 6.20 Å². The number of pyridine rings is 1. The second kappa shape index (κ2) is 5.49. The maximum Gasteiger partial charge on any atom is 0.159 e. The van der Waals surface area contributed by atoms with Crippen molar-refractivity contribution in [3.63, 3.8) is 0 Å². The number of rotatable bonds is 4. The lowest BCUT2D eigenvalue weighted by molar-refractivity contribution is 0.301. The van der Waals surface area contributed by atoms with Gasteiger partial charge in [-0.15, -0.1) is 0 Å². The Labute approximate surface area is 96.7 Å². The van der Waals surface area contributed by atoms with Gasteiger partial charge in [-0.25, -0.2) is 4.99 Å². The molecule has 0 atom stereocenters. The lowest BCUT2D eigenvalue weighted by atomic mass is 10.2. The first-order chi connectivity index (χ1) is 7.52. The van der Waals surface area contributed by atoms with Crippen molar-refractivity contribution in [3.05, 3.63) is 18.5 Å². The van der Waals surface area contributed by atoms with Crippen molar-refractivity contribution in [3.8, 4) is 5.75 Å². The smallest absolute Gasteiger partial charge is 0.159 e. The molecule has 0 fully saturated rings. The van der Waals surface area contributed by atoms with E-state index in [-0.39, 0.29) is 5.75 Å². The molecule has 16 heavy (non-hydrogen) atoms. The minimum absolute atomic E-state index is 0.103. The number of aromatic hydroxyl groups is 1. The highest BCUT2D eigenvalue weighted by Gasteiger charge is 2.08. The van der Waals surface area contributed by atoms with Gasteiger partial charge in [-0.3, -0.25) is 4.98 Å². The Morgan fingerprint density at radius 2 is 1.94 bits per heavy atom. The first-order valence-corrected chi connectivity index (χ1v) is 5.47. The molecule has 1 aromatic heterocycles. The van der Waals surface area contributed by atoms with E-state index in [9.17, 15) is 5.11 Å². The van der Waals surface area contributed by atoms with Crippen LogP contribution in [0.2, 0.25) is 0 Å². The molecule has 1 aromatic rings. The van der Waals surface area contributed by atoms with Crippen LogP contribution >= 0.6 is 0 Å². The average Bonchev–Trinajstić information content (AvgIpc) is 2.20. The summed E-state index contributed by atoms with van der Waals surface area (Å²) < 4.78 is 0. The SMILES string of the molecule is CC(C)N(C=Nc1ccncc1O)C(C)C. The van der Waals surface area contributed by atoms with E-state index in [4.69, 9.17) is 0 Å². The number of aliphatic imine (C=N–C) groups is 1. The van der Waals surface area contributed by atoms with Crippen molar-refractivity contribution in [2.24, 2.45) is 4.99 Å². The predicted octanol–water partition coefficient (Wildman–Crippen LogP) is 2.57. The summed E-state index contributed by atoms with van der Waals surface area (Å²) in [7, 11) is 0. The standard InChI is InChI=1S/C12H19N3O/c1-9(2)15(10(3)4)8-14-11-5-6-13-7-12(11)16/h5-10,16H,1-4H3. The third kappa shape index (κ3) is 3.22. The van der Waals surface area contributed by atoms with E-state index in [1.54, 1.807) is 18.6 Å². The Hall–Kier alpha value is -1.58. The van der Waals surface area contributed by atoms with Crippen molar-refractivity contribution < 1.29 is 5.11 Å². The summed E-state index contributed by atoms with van der Waals surface area (Å²) in [5.41, 5.74) is 0.543. The molecule has 0 unspecified atom stereocenters. The zero-order valence-electron chi connectivity index (χ0n) is 10.3. The molecule has 1 rings (SSSR count). The van der Waals surface area contributed by atoms with Crippen molar-refractivity contribution in [2.75, 3.05) is 0 Å². The average molecular weight is 221 g/mol. The van der Waals surface area contributed by atoms with Crippen molar-refractivity contribution in [1.82, 2.24) is 9.88 Å². The number of hydrogen-bond acceptors (Lipinski definition) is 3. The van der Waals surface area contributed by atoms with Gasteiger partial charge >= 0.3 is 0 Å². The maximum absolute atomic E-state index is 9.51. The van der Waals surface area contributed by atoms with Crippen LogP contribution in [0.1, 0.15) is 27.7 Å². The van der Waals surface area contributed by atoms with Gasteiger partial charge in [0.1, 0.15) is 5.69 Å². The fraction of sp³-hybridized carbons (Fsp3) is 0.500. The highest BCUT2D eigenvalue weighted by Crippen LogP contribution is 2.23. The Morgan fingerprint density at radius 3 is 2.44 bits per heavy atom. The van der Waals surface area contributed by atoms with Crippen LogP contribution in [-0.4, -0.2) is 33.4 Å². The van der Waals surface area contributed by atoms with Crippen LogP contribution < -0.4 is 0 Å². The first-order valence-electron chi connectivity index (χ1n) is 5.47. The summed E-state index contributed by atoms with van der Waals surface area (Å²) in [4.78, 5) is 10.2. The zero-order chi connectivity index (χ0) is 12.1. The molecule has 0 radical (unpaired) electrons. The van der Waals surface area contributed by atoms with Crippen molar-refractivity contribution in [2.45, 2.75) is 39.8 Å². The van der Waals surface area contributed by atoms with Gasteiger partial charge in [0, 0.05) is 18.3 Å². The second-order valence-corrected chi connectivity index (χ2v) is 4.24. The fourth-order valence-corrected chi connectivity index (χ4v) is 1.48. The molecule has 0 aromatic carbocycles. The monoisotopic (exact) mass is 221 g/mol. The molecule has 0 amide bonds. The Bertz CT molecular complexity index is 353. The van der Waals surface area contributed by atoms with Crippen LogP contribution in [0.15, 0.2) is 23.5 Å². The molecule has 1 heterocycles. The van der Waals surface area contributed by atoms with Crippen LogP contribution in [0.25, 0.3) is 0 Å². The molecule has 4 heteroatoms. The van der Waals surface area contributed by atoms with E-state index in [0.717, 1.165) is 0 Å².